The molecule has 1 aromatic rings. The van der Waals surface area contributed by atoms with Crippen LogP contribution in [-0.4, -0.2) is 5.12 Å². The van der Waals surface area contributed by atoms with Crippen LogP contribution in [0.1, 0.15) is 16.0 Å². The lowest BCUT2D eigenvalue weighted by Crippen LogP contribution is -1.97. The van der Waals surface area contributed by atoms with Crippen LogP contribution in [-0.2, 0) is 4.79 Å². The third kappa shape index (κ3) is 2.35. The predicted octanol–water partition coefficient (Wildman–Crippen LogP) is 2.89. The summed E-state index contributed by atoms with van der Waals surface area (Å²) in [6.07, 6.45) is 0. The van der Waals surface area contributed by atoms with Gasteiger partial charge in [0.2, 0.25) is 5.12 Å². The molecule has 0 N–H and O–H groups in total. The van der Waals surface area contributed by atoms with Crippen LogP contribution in [0.25, 0.3) is 0 Å². The van der Waals surface area contributed by atoms with E-state index in [-0.39, 0.29) is 9.94 Å². The van der Waals surface area contributed by atoms with Crippen molar-refractivity contribution < 1.29 is 4.79 Å². The monoisotopic (exact) mass is 244 g/mol. The Morgan fingerprint density at radius 3 is 2.33 bits per heavy atom. The first kappa shape index (κ1) is 9.81. The minimum absolute atomic E-state index is 0.168. The third-order valence-corrected chi connectivity index (χ3v) is 3.14. The fourth-order valence-corrected chi connectivity index (χ4v) is 1.33. The summed E-state index contributed by atoms with van der Waals surface area (Å²) in [6, 6.07) is 7.78. The molecule has 3 heteroatoms. The van der Waals surface area contributed by atoms with Crippen molar-refractivity contribution in [1.29, 1.82) is 0 Å². The minimum atomic E-state index is -0.290. The van der Waals surface area contributed by atoms with Crippen molar-refractivity contribution in [2.45, 2.75) is 11.8 Å². The number of rotatable bonds is 2. The molecule has 0 saturated heterocycles. The molecule has 0 aromatic heterocycles. The van der Waals surface area contributed by atoms with Gasteiger partial charge in [-0.1, -0.05) is 45.8 Å². The summed E-state index contributed by atoms with van der Waals surface area (Å²) in [7, 11) is 0. The molecule has 1 atom stereocenters. The van der Waals surface area contributed by atoms with Gasteiger partial charge in [0.15, 0.2) is 0 Å². The second-order valence-electron chi connectivity index (χ2n) is 2.61. The number of halogens is 1. The van der Waals surface area contributed by atoms with Crippen LogP contribution < -0.4 is 0 Å². The highest BCUT2D eigenvalue weighted by Gasteiger charge is 2.12. The number of hydrogen-bond donors (Lipinski definition) is 1. The average molecular weight is 245 g/mol. The van der Waals surface area contributed by atoms with E-state index >= 15 is 0 Å². The van der Waals surface area contributed by atoms with E-state index in [2.05, 4.69) is 28.6 Å². The third-order valence-electron chi connectivity index (χ3n) is 1.59. The lowest BCUT2D eigenvalue weighted by Gasteiger charge is -2.04. The molecule has 1 aromatic carbocycles. The Labute approximate surface area is 85.7 Å². The molecule has 0 radical (unpaired) electrons. The van der Waals surface area contributed by atoms with Crippen molar-refractivity contribution in [3.8, 4) is 0 Å². The molecule has 64 valence electrons. The van der Waals surface area contributed by atoms with E-state index in [0.29, 0.717) is 0 Å². The molecular weight excluding hydrogens is 236 g/mol. The van der Waals surface area contributed by atoms with Crippen LogP contribution in [0.2, 0.25) is 0 Å². The zero-order chi connectivity index (χ0) is 9.14. The minimum Gasteiger partial charge on any atom is -0.286 e. The summed E-state index contributed by atoms with van der Waals surface area (Å²) in [6.45, 7) is 2.01. The van der Waals surface area contributed by atoms with E-state index in [4.69, 9.17) is 0 Å². The van der Waals surface area contributed by atoms with Gasteiger partial charge in [-0.05, 0) is 12.5 Å². The average Bonchev–Trinajstić information content (AvgIpc) is 2.04. The van der Waals surface area contributed by atoms with Gasteiger partial charge in [-0.3, -0.25) is 4.79 Å². The van der Waals surface area contributed by atoms with Crippen molar-refractivity contribution >= 4 is 33.7 Å². The molecular formula is C9H9BrOS. The fourth-order valence-electron chi connectivity index (χ4n) is 0.878. The van der Waals surface area contributed by atoms with Crippen LogP contribution in [0.5, 0.6) is 0 Å². The summed E-state index contributed by atoms with van der Waals surface area (Å²) in [5, 5.41) is -0.168. The van der Waals surface area contributed by atoms with Gasteiger partial charge in [0.25, 0.3) is 0 Å². The molecule has 0 saturated carbocycles. The number of benzene rings is 1. The van der Waals surface area contributed by atoms with Crippen LogP contribution >= 0.6 is 28.6 Å². The van der Waals surface area contributed by atoms with Gasteiger partial charge in [0.1, 0.15) is 4.83 Å². The summed E-state index contributed by atoms with van der Waals surface area (Å²) >= 11 is 6.99. The molecule has 0 aliphatic heterocycles. The second kappa shape index (κ2) is 4.10. The predicted molar refractivity (Wildman–Crippen MR) is 56.8 cm³/mol. The molecule has 0 aliphatic rings. The highest BCUT2D eigenvalue weighted by Crippen LogP contribution is 2.24. The van der Waals surface area contributed by atoms with E-state index in [1.165, 1.54) is 5.56 Å². The summed E-state index contributed by atoms with van der Waals surface area (Å²) in [5.41, 5.74) is 2.13. The molecule has 0 spiro atoms. The van der Waals surface area contributed by atoms with Crippen molar-refractivity contribution in [2.24, 2.45) is 0 Å². The van der Waals surface area contributed by atoms with Gasteiger partial charge in [0, 0.05) is 0 Å². The zero-order valence-electron chi connectivity index (χ0n) is 6.62. The second-order valence-corrected chi connectivity index (χ2v) is 3.97. The Morgan fingerprint density at radius 1 is 1.42 bits per heavy atom. The first-order valence-electron chi connectivity index (χ1n) is 3.54. The number of aryl methyl sites for hydroxylation is 1. The number of hydrogen-bond acceptors (Lipinski definition) is 1. The maximum Gasteiger partial charge on any atom is 0.203 e. The van der Waals surface area contributed by atoms with E-state index < -0.39 is 0 Å². The summed E-state index contributed by atoms with van der Waals surface area (Å²) < 4.78 is 0. The number of alkyl halides is 1. The van der Waals surface area contributed by atoms with E-state index in [1.807, 2.05) is 31.2 Å². The molecule has 12 heavy (non-hydrogen) atoms. The van der Waals surface area contributed by atoms with Gasteiger partial charge in [-0.2, -0.15) is 0 Å². The quantitative estimate of drug-likeness (QED) is 0.626. The van der Waals surface area contributed by atoms with Crippen LogP contribution in [0, 0.1) is 6.92 Å². The Morgan fingerprint density at radius 2 is 1.92 bits per heavy atom. The maximum absolute atomic E-state index is 10.8. The van der Waals surface area contributed by atoms with Gasteiger partial charge >= 0.3 is 0 Å². The Hall–Kier alpha value is -0.280. The number of carbonyl (C=O) groups excluding carboxylic acids is 1. The van der Waals surface area contributed by atoms with E-state index in [0.717, 1.165) is 5.56 Å². The van der Waals surface area contributed by atoms with Crippen molar-refractivity contribution in [2.75, 3.05) is 0 Å². The first-order chi connectivity index (χ1) is 5.61. The lowest BCUT2D eigenvalue weighted by atomic mass is 10.1. The lowest BCUT2D eigenvalue weighted by molar-refractivity contribution is -0.110. The fraction of sp³-hybridized carbons (Fsp3) is 0.222. The van der Waals surface area contributed by atoms with Gasteiger partial charge < -0.3 is 0 Å². The zero-order valence-corrected chi connectivity index (χ0v) is 9.10. The SMILES string of the molecule is Cc1ccc(C(Br)C(=O)S)cc1. The smallest absolute Gasteiger partial charge is 0.203 e. The Bertz CT molecular complexity index is 281. The van der Waals surface area contributed by atoms with Crippen LogP contribution in [0.3, 0.4) is 0 Å². The van der Waals surface area contributed by atoms with E-state index in [9.17, 15) is 4.79 Å². The van der Waals surface area contributed by atoms with E-state index in [1.54, 1.807) is 0 Å². The van der Waals surface area contributed by atoms with Gasteiger partial charge in [0.05, 0.1) is 0 Å². The number of carbonyl (C=O) groups is 1. The standard InChI is InChI=1S/C9H9BrOS/c1-6-2-4-7(5-3-6)8(10)9(11)12/h2-5,8H,1H3,(H,11,12). The highest BCUT2D eigenvalue weighted by molar-refractivity contribution is 9.09. The Kier molecular flexibility index (Phi) is 3.35. The largest absolute Gasteiger partial charge is 0.286 e. The molecule has 0 fully saturated rings. The highest BCUT2D eigenvalue weighted by atomic mass is 79.9. The van der Waals surface area contributed by atoms with Crippen LogP contribution in [0.15, 0.2) is 24.3 Å². The van der Waals surface area contributed by atoms with Crippen LogP contribution in [0.4, 0.5) is 0 Å². The topological polar surface area (TPSA) is 17.1 Å². The summed E-state index contributed by atoms with van der Waals surface area (Å²) in [5.74, 6) is 0. The summed E-state index contributed by atoms with van der Waals surface area (Å²) in [4.78, 5) is 10.6. The van der Waals surface area contributed by atoms with Gasteiger partial charge in [-0.25, -0.2) is 0 Å². The number of thiol groups is 1. The molecule has 0 amide bonds. The Balaban J connectivity index is 2.89. The molecule has 1 unspecified atom stereocenters. The van der Waals surface area contributed by atoms with Crippen molar-refractivity contribution in [1.82, 2.24) is 0 Å². The molecule has 0 bridgehead atoms. The van der Waals surface area contributed by atoms with Crippen molar-refractivity contribution in [3.63, 3.8) is 0 Å². The first-order valence-corrected chi connectivity index (χ1v) is 4.91. The maximum atomic E-state index is 10.8. The molecule has 1 rings (SSSR count). The molecule has 0 heterocycles. The normalized spacial score (nSPS) is 12.6. The van der Waals surface area contributed by atoms with Crippen molar-refractivity contribution in [3.05, 3.63) is 35.4 Å². The van der Waals surface area contributed by atoms with Gasteiger partial charge in [-0.15, -0.1) is 12.6 Å². The molecule has 0 aliphatic carbocycles. The molecule has 1 nitrogen and oxygen atoms in total.